The Morgan fingerprint density at radius 1 is 1.08 bits per heavy atom. The number of halogens is 4. The van der Waals surface area contributed by atoms with E-state index in [0.717, 1.165) is 12.1 Å². The van der Waals surface area contributed by atoms with Gasteiger partial charge in [-0.15, -0.1) is 0 Å². The van der Waals surface area contributed by atoms with Crippen LogP contribution in [0.5, 0.6) is 0 Å². The van der Waals surface area contributed by atoms with Gasteiger partial charge in [-0.3, -0.25) is 4.79 Å². The topological polar surface area (TPSA) is 66.0 Å². The van der Waals surface area contributed by atoms with Crippen LogP contribution in [0.4, 0.5) is 17.6 Å². The number of hydrogen-bond acceptors (Lipinski definition) is 5. The summed E-state index contributed by atoms with van der Waals surface area (Å²) in [4.78, 5) is 13.6. The molecule has 1 amide bonds. The summed E-state index contributed by atoms with van der Waals surface area (Å²) < 4.78 is 78.5. The first-order chi connectivity index (χ1) is 17.8. The molecule has 1 N–H and O–H groups in total. The number of benzene rings is 2. The van der Waals surface area contributed by atoms with Crippen molar-refractivity contribution in [2.45, 2.75) is 95.7 Å². The molecule has 0 bridgehead atoms. The van der Waals surface area contributed by atoms with Crippen LogP contribution in [0.15, 0.2) is 48.5 Å². The molecule has 0 radical (unpaired) electrons. The van der Waals surface area contributed by atoms with E-state index in [2.05, 4.69) is 5.32 Å². The van der Waals surface area contributed by atoms with Crippen LogP contribution < -0.4 is 5.32 Å². The fourth-order valence-electron chi connectivity index (χ4n) is 4.97. The minimum absolute atomic E-state index is 0.0412. The average molecular weight is 540 g/mol. The zero-order valence-electron chi connectivity index (χ0n) is 21.8. The van der Waals surface area contributed by atoms with Crippen molar-refractivity contribution >= 4 is 5.91 Å². The monoisotopic (exact) mass is 539 g/mol. The first kappa shape index (κ1) is 28.5. The standard InChI is InChI=1S/C28H33F4NO5/c1-17(2)33-25(34)27(36-16-19-9-5-6-11-21(19)29)13-22(24-23(14-27)37-26(3,4)38-24)35-15-18-8-7-10-20(12-18)28(30,31)32/h5-12,17,22-24H,13-16H2,1-4H3,(H,33,34)/t22?,23-,24+,27-/m1/s1. The zero-order valence-corrected chi connectivity index (χ0v) is 21.8. The predicted molar refractivity (Wildman–Crippen MR) is 130 cm³/mol. The first-order valence-electron chi connectivity index (χ1n) is 12.6. The second-order valence-electron chi connectivity index (χ2n) is 10.6. The van der Waals surface area contributed by atoms with Crippen molar-refractivity contribution < 1.29 is 41.3 Å². The van der Waals surface area contributed by atoms with Crippen molar-refractivity contribution in [2.75, 3.05) is 0 Å². The predicted octanol–water partition coefficient (Wildman–Crippen LogP) is 5.52. The van der Waals surface area contributed by atoms with E-state index in [4.69, 9.17) is 18.9 Å². The van der Waals surface area contributed by atoms with Crippen molar-refractivity contribution in [1.82, 2.24) is 5.32 Å². The van der Waals surface area contributed by atoms with E-state index < -0.39 is 53.2 Å². The molecule has 38 heavy (non-hydrogen) atoms. The minimum atomic E-state index is -4.48. The van der Waals surface area contributed by atoms with Gasteiger partial charge in [0.05, 0.1) is 31.0 Å². The Balaban J connectivity index is 1.62. The van der Waals surface area contributed by atoms with Gasteiger partial charge in [-0.2, -0.15) is 13.2 Å². The molecule has 1 unspecified atom stereocenters. The number of hydrogen-bond donors (Lipinski definition) is 1. The highest BCUT2D eigenvalue weighted by Gasteiger charge is 2.58. The fraction of sp³-hybridized carbons (Fsp3) is 0.536. The third-order valence-corrected chi connectivity index (χ3v) is 6.66. The summed E-state index contributed by atoms with van der Waals surface area (Å²) in [5.74, 6) is -1.83. The number of carbonyl (C=O) groups excluding carboxylic acids is 1. The first-order valence-corrected chi connectivity index (χ1v) is 12.6. The van der Waals surface area contributed by atoms with Gasteiger partial charge < -0.3 is 24.3 Å². The van der Waals surface area contributed by atoms with Gasteiger partial charge in [0.2, 0.25) is 0 Å². The molecule has 0 aromatic heterocycles. The Kier molecular flexibility index (Phi) is 8.18. The summed E-state index contributed by atoms with van der Waals surface area (Å²) in [6.45, 7) is 6.80. The molecule has 2 aliphatic rings. The van der Waals surface area contributed by atoms with Crippen molar-refractivity contribution in [3.8, 4) is 0 Å². The van der Waals surface area contributed by atoms with E-state index in [1.807, 2.05) is 13.8 Å². The maximum absolute atomic E-state index is 14.4. The second-order valence-corrected chi connectivity index (χ2v) is 10.6. The van der Waals surface area contributed by atoms with E-state index in [0.29, 0.717) is 5.56 Å². The van der Waals surface area contributed by atoms with Crippen LogP contribution >= 0.6 is 0 Å². The Morgan fingerprint density at radius 2 is 1.82 bits per heavy atom. The van der Waals surface area contributed by atoms with Gasteiger partial charge in [0.15, 0.2) is 11.4 Å². The summed E-state index contributed by atoms with van der Waals surface area (Å²) in [7, 11) is 0. The fourth-order valence-corrected chi connectivity index (χ4v) is 4.97. The van der Waals surface area contributed by atoms with E-state index >= 15 is 0 Å². The molecule has 2 aromatic rings. The molecule has 1 aliphatic carbocycles. The molecule has 4 rings (SSSR count). The lowest BCUT2D eigenvalue weighted by molar-refractivity contribution is -0.184. The maximum atomic E-state index is 14.4. The number of alkyl halides is 3. The van der Waals surface area contributed by atoms with Crippen LogP contribution in [-0.4, -0.2) is 41.6 Å². The molecule has 2 aromatic carbocycles. The maximum Gasteiger partial charge on any atom is 0.416 e. The Hall–Kier alpha value is -2.53. The van der Waals surface area contributed by atoms with Crippen molar-refractivity contribution in [1.29, 1.82) is 0 Å². The normalized spacial score (nSPS) is 26.8. The Morgan fingerprint density at radius 3 is 2.50 bits per heavy atom. The molecule has 2 fully saturated rings. The number of ether oxygens (including phenoxy) is 4. The van der Waals surface area contributed by atoms with Crippen LogP contribution in [0.1, 0.15) is 57.2 Å². The largest absolute Gasteiger partial charge is 0.416 e. The SMILES string of the molecule is CC(C)NC(=O)[C@@]1(OCc2ccccc2F)CC(OCc2cccc(C(F)(F)F)c2)[C@@H]2OC(C)(C)O[C@@H]2C1. The Bertz CT molecular complexity index is 1140. The van der Waals surface area contributed by atoms with Crippen molar-refractivity contribution in [3.63, 3.8) is 0 Å². The second kappa shape index (κ2) is 10.9. The Labute approximate surface area is 219 Å². The van der Waals surface area contributed by atoms with Crippen LogP contribution in [0.2, 0.25) is 0 Å². The lowest BCUT2D eigenvalue weighted by atomic mass is 9.78. The van der Waals surface area contributed by atoms with Gasteiger partial charge in [0.25, 0.3) is 5.91 Å². The molecule has 208 valence electrons. The number of carbonyl (C=O) groups is 1. The molecule has 4 atom stereocenters. The number of rotatable bonds is 8. The minimum Gasteiger partial charge on any atom is -0.371 e. The van der Waals surface area contributed by atoms with Gasteiger partial charge in [-0.25, -0.2) is 4.39 Å². The lowest BCUT2D eigenvalue weighted by Gasteiger charge is -2.43. The van der Waals surface area contributed by atoms with Gasteiger partial charge in [-0.1, -0.05) is 30.3 Å². The van der Waals surface area contributed by atoms with Crippen LogP contribution in [0.3, 0.4) is 0 Å². The molecule has 0 spiro atoms. The van der Waals surface area contributed by atoms with Crippen molar-refractivity contribution in [3.05, 3.63) is 71.0 Å². The zero-order chi connectivity index (χ0) is 27.7. The molecule has 1 saturated heterocycles. The van der Waals surface area contributed by atoms with Crippen molar-refractivity contribution in [2.24, 2.45) is 0 Å². The molecular formula is C28H33F4NO5. The average Bonchev–Trinajstić information content (AvgIpc) is 3.15. The third kappa shape index (κ3) is 6.54. The summed E-state index contributed by atoms with van der Waals surface area (Å²) in [5, 5.41) is 2.89. The molecule has 6 nitrogen and oxygen atoms in total. The molecular weight excluding hydrogens is 506 g/mol. The quantitative estimate of drug-likeness (QED) is 0.448. The van der Waals surface area contributed by atoms with Gasteiger partial charge in [0, 0.05) is 24.4 Å². The van der Waals surface area contributed by atoms with Gasteiger partial charge in [0.1, 0.15) is 11.9 Å². The van der Waals surface area contributed by atoms with E-state index in [9.17, 15) is 22.4 Å². The summed E-state index contributed by atoms with van der Waals surface area (Å²) in [5.41, 5.74) is -1.61. The molecule has 1 saturated carbocycles. The number of fused-ring (bicyclic) bond motifs is 1. The number of amides is 1. The summed E-state index contributed by atoms with van der Waals surface area (Å²) in [6.07, 6.45) is -6.22. The van der Waals surface area contributed by atoms with Crippen LogP contribution in [0.25, 0.3) is 0 Å². The van der Waals surface area contributed by atoms with Gasteiger partial charge >= 0.3 is 6.18 Å². The number of nitrogens with one attached hydrogen (secondary N) is 1. The van der Waals surface area contributed by atoms with Crippen LogP contribution in [-0.2, 0) is 43.1 Å². The third-order valence-electron chi connectivity index (χ3n) is 6.66. The van der Waals surface area contributed by atoms with E-state index in [1.54, 1.807) is 38.1 Å². The highest BCUT2D eigenvalue weighted by Crippen LogP contribution is 2.44. The lowest BCUT2D eigenvalue weighted by Crippen LogP contribution is -2.60. The van der Waals surface area contributed by atoms with E-state index in [-0.39, 0.29) is 37.7 Å². The highest BCUT2D eigenvalue weighted by atomic mass is 19.4. The molecule has 1 heterocycles. The van der Waals surface area contributed by atoms with Crippen LogP contribution in [0, 0.1) is 5.82 Å². The molecule has 1 aliphatic heterocycles. The summed E-state index contributed by atoms with van der Waals surface area (Å²) >= 11 is 0. The van der Waals surface area contributed by atoms with E-state index in [1.165, 1.54) is 12.1 Å². The molecule has 10 heteroatoms. The smallest absolute Gasteiger partial charge is 0.371 e. The summed E-state index contributed by atoms with van der Waals surface area (Å²) in [6, 6.07) is 10.8. The van der Waals surface area contributed by atoms with Gasteiger partial charge in [-0.05, 0) is 51.5 Å². The highest BCUT2D eigenvalue weighted by molar-refractivity contribution is 5.85.